The summed E-state index contributed by atoms with van der Waals surface area (Å²) in [6.07, 6.45) is 6.77. The van der Waals surface area contributed by atoms with Crippen molar-refractivity contribution in [2.75, 3.05) is 27.7 Å². The Morgan fingerprint density at radius 2 is 1.96 bits per heavy atom. The molecule has 2 aliphatic carbocycles. The summed E-state index contributed by atoms with van der Waals surface area (Å²) in [6.45, 7) is 1.58. The Bertz CT molecular complexity index is 737. The fourth-order valence-electron chi connectivity index (χ4n) is 5.46. The molecule has 1 amide bonds. The number of guanidine groups is 1. The third-order valence-electron chi connectivity index (χ3n) is 6.87. The molecule has 0 aromatic heterocycles. The number of carbonyl (C=O) groups is 1. The van der Waals surface area contributed by atoms with Gasteiger partial charge in [0.1, 0.15) is 0 Å². The largest absolute Gasteiger partial charge is 0.377 e. The van der Waals surface area contributed by atoms with Crippen LogP contribution in [0.4, 0.5) is 0 Å². The molecule has 6 heteroatoms. The van der Waals surface area contributed by atoms with Gasteiger partial charge in [-0.3, -0.25) is 9.79 Å². The van der Waals surface area contributed by atoms with E-state index in [1.807, 2.05) is 31.3 Å². The summed E-state index contributed by atoms with van der Waals surface area (Å²) in [5.74, 6) is 1.50. The maximum Gasteiger partial charge on any atom is 0.253 e. The Balaban J connectivity index is 1.36. The van der Waals surface area contributed by atoms with Gasteiger partial charge in [0, 0.05) is 57.2 Å². The molecule has 3 atom stereocenters. The molecule has 3 fully saturated rings. The molecule has 4 rings (SSSR count). The van der Waals surface area contributed by atoms with E-state index in [0.29, 0.717) is 35.6 Å². The minimum absolute atomic E-state index is 0.0252. The summed E-state index contributed by atoms with van der Waals surface area (Å²) in [5.41, 5.74) is 2.15. The predicted molar refractivity (Wildman–Crippen MR) is 110 cm³/mol. The third-order valence-corrected chi connectivity index (χ3v) is 6.87. The average molecular weight is 385 g/mol. The molecule has 152 valence electrons. The van der Waals surface area contributed by atoms with Crippen molar-refractivity contribution in [3.63, 3.8) is 0 Å². The van der Waals surface area contributed by atoms with Crippen molar-refractivity contribution in [2.45, 2.75) is 50.8 Å². The fraction of sp³-hybridized carbons (Fsp3) is 0.636. The number of ether oxygens (including phenoxy) is 1. The zero-order valence-electron chi connectivity index (χ0n) is 17.2. The van der Waals surface area contributed by atoms with E-state index in [-0.39, 0.29) is 5.91 Å². The molecule has 2 saturated carbocycles. The number of aliphatic imine (C=N–C) groups is 1. The lowest BCUT2D eigenvalue weighted by molar-refractivity contribution is -0.125. The van der Waals surface area contributed by atoms with Gasteiger partial charge in [-0.2, -0.15) is 0 Å². The fourth-order valence-corrected chi connectivity index (χ4v) is 5.46. The number of amides is 1. The van der Waals surface area contributed by atoms with Crippen molar-refractivity contribution in [3.05, 3.63) is 35.4 Å². The van der Waals surface area contributed by atoms with Gasteiger partial charge in [0.25, 0.3) is 5.91 Å². The van der Waals surface area contributed by atoms with Crippen LogP contribution in [0.5, 0.6) is 0 Å². The molecule has 1 spiro atoms. The quantitative estimate of drug-likeness (QED) is 0.618. The molecular weight excluding hydrogens is 352 g/mol. The standard InChI is InChI=1S/C22H32N4O2/c1-23-21(24-14-15-6-8-16(9-7-15)20(27)26(2)3)25-18-17-10-13-28-19(17)22(18)11-4-5-12-22/h6-9,17-19H,4-5,10-14H2,1-3H3,(H2,23,24,25). The maximum atomic E-state index is 12.0. The van der Waals surface area contributed by atoms with E-state index < -0.39 is 0 Å². The Labute approximate surface area is 167 Å². The van der Waals surface area contributed by atoms with E-state index in [4.69, 9.17) is 4.74 Å². The van der Waals surface area contributed by atoms with Gasteiger partial charge in [-0.25, -0.2) is 0 Å². The van der Waals surface area contributed by atoms with Gasteiger partial charge in [0.05, 0.1) is 6.10 Å². The van der Waals surface area contributed by atoms with Crippen LogP contribution in [0, 0.1) is 11.3 Å². The number of nitrogens with zero attached hydrogens (tertiary/aromatic N) is 2. The zero-order chi connectivity index (χ0) is 19.7. The molecule has 6 nitrogen and oxygen atoms in total. The SMILES string of the molecule is CN=C(NCc1ccc(C(=O)N(C)C)cc1)NC1C2CCOC2C12CCCC2. The first-order valence-corrected chi connectivity index (χ1v) is 10.4. The number of carbonyl (C=O) groups excluding carboxylic acids is 1. The molecule has 3 aliphatic rings. The van der Waals surface area contributed by atoms with Gasteiger partial charge in [-0.05, 0) is 37.0 Å². The summed E-state index contributed by atoms with van der Waals surface area (Å²) in [5, 5.41) is 7.17. The van der Waals surface area contributed by atoms with Crippen LogP contribution in [0.25, 0.3) is 0 Å². The van der Waals surface area contributed by atoms with E-state index in [2.05, 4.69) is 15.6 Å². The van der Waals surface area contributed by atoms with Crippen molar-refractivity contribution in [2.24, 2.45) is 16.3 Å². The minimum Gasteiger partial charge on any atom is -0.377 e. The van der Waals surface area contributed by atoms with Crippen LogP contribution in [0.2, 0.25) is 0 Å². The van der Waals surface area contributed by atoms with E-state index in [1.165, 1.54) is 25.7 Å². The molecule has 1 aliphatic heterocycles. The van der Waals surface area contributed by atoms with Gasteiger partial charge in [-0.1, -0.05) is 25.0 Å². The zero-order valence-corrected chi connectivity index (χ0v) is 17.2. The van der Waals surface area contributed by atoms with Gasteiger partial charge < -0.3 is 20.3 Å². The first kappa shape index (κ1) is 19.2. The number of rotatable bonds is 4. The lowest BCUT2D eigenvalue weighted by Crippen LogP contribution is -2.69. The predicted octanol–water partition coefficient (Wildman–Crippen LogP) is 2.40. The molecule has 0 radical (unpaired) electrons. The Hall–Kier alpha value is -2.08. The molecule has 3 unspecified atom stereocenters. The maximum absolute atomic E-state index is 12.0. The summed E-state index contributed by atoms with van der Waals surface area (Å²) >= 11 is 0. The minimum atomic E-state index is 0.0252. The monoisotopic (exact) mass is 384 g/mol. The Morgan fingerprint density at radius 1 is 1.25 bits per heavy atom. The molecule has 28 heavy (non-hydrogen) atoms. The van der Waals surface area contributed by atoms with Gasteiger partial charge >= 0.3 is 0 Å². The number of nitrogens with one attached hydrogen (secondary N) is 2. The second-order valence-corrected chi connectivity index (χ2v) is 8.63. The van der Waals surface area contributed by atoms with E-state index >= 15 is 0 Å². The summed E-state index contributed by atoms with van der Waals surface area (Å²) in [7, 11) is 5.37. The second kappa shape index (κ2) is 7.74. The highest BCUT2D eigenvalue weighted by atomic mass is 16.5. The van der Waals surface area contributed by atoms with Crippen molar-refractivity contribution in [3.8, 4) is 0 Å². The van der Waals surface area contributed by atoms with Gasteiger partial charge in [0.15, 0.2) is 5.96 Å². The molecule has 1 aromatic rings. The number of fused-ring (bicyclic) bond motifs is 2. The normalized spacial score (nSPS) is 28.0. The van der Waals surface area contributed by atoms with E-state index in [1.54, 1.807) is 19.0 Å². The average Bonchev–Trinajstić information content (AvgIpc) is 3.37. The highest BCUT2D eigenvalue weighted by Crippen LogP contribution is 2.60. The van der Waals surface area contributed by atoms with Crippen molar-refractivity contribution < 1.29 is 9.53 Å². The van der Waals surface area contributed by atoms with Crippen molar-refractivity contribution in [1.82, 2.24) is 15.5 Å². The highest BCUT2D eigenvalue weighted by molar-refractivity contribution is 5.93. The molecule has 2 N–H and O–H groups in total. The second-order valence-electron chi connectivity index (χ2n) is 8.63. The third kappa shape index (κ3) is 3.28. The van der Waals surface area contributed by atoms with E-state index in [0.717, 1.165) is 24.6 Å². The Kier molecular flexibility index (Phi) is 5.32. The molecule has 0 bridgehead atoms. The van der Waals surface area contributed by atoms with Crippen LogP contribution < -0.4 is 10.6 Å². The van der Waals surface area contributed by atoms with Crippen LogP contribution >= 0.6 is 0 Å². The molecule has 1 heterocycles. The van der Waals surface area contributed by atoms with E-state index in [9.17, 15) is 4.79 Å². The highest BCUT2D eigenvalue weighted by Gasteiger charge is 2.65. The summed E-state index contributed by atoms with van der Waals surface area (Å²) in [6, 6.07) is 8.23. The van der Waals surface area contributed by atoms with Crippen LogP contribution in [0.3, 0.4) is 0 Å². The molecule has 1 saturated heterocycles. The van der Waals surface area contributed by atoms with Crippen LogP contribution in [0.15, 0.2) is 29.3 Å². The number of hydrogen-bond acceptors (Lipinski definition) is 3. The van der Waals surface area contributed by atoms with Gasteiger partial charge in [-0.15, -0.1) is 0 Å². The molecule has 1 aromatic carbocycles. The lowest BCUT2D eigenvalue weighted by atomic mass is 9.54. The van der Waals surface area contributed by atoms with Crippen molar-refractivity contribution >= 4 is 11.9 Å². The summed E-state index contributed by atoms with van der Waals surface area (Å²) in [4.78, 5) is 18.1. The topological polar surface area (TPSA) is 66.0 Å². The van der Waals surface area contributed by atoms with Crippen LogP contribution in [0.1, 0.15) is 48.0 Å². The number of hydrogen-bond donors (Lipinski definition) is 2. The van der Waals surface area contributed by atoms with Gasteiger partial charge in [0.2, 0.25) is 0 Å². The van der Waals surface area contributed by atoms with Crippen LogP contribution in [-0.4, -0.2) is 56.7 Å². The lowest BCUT2D eigenvalue weighted by Gasteiger charge is -2.57. The number of benzene rings is 1. The first-order chi connectivity index (χ1) is 13.5. The smallest absolute Gasteiger partial charge is 0.253 e. The first-order valence-electron chi connectivity index (χ1n) is 10.4. The van der Waals surface area contributed by atoms with Crippen LogP contribution in [-0.2, 0) is 11.3 Å². The van der Waals surface area contributed by atoms with Crippen molar-refractivity contribution in [1.29, 1.82) is 0 Å². The summed E-state index contributed by atoms with van der Waals surface area (Å²) < 4.78 is 6.08. The molecular formula is C22H32N4O2. The Morgan fingerprint density at radius 3 is 2.61 bits per heavy atom.